The van der Waals surface area contributed by atoms with Crippen LogP contribution in [0.25, 0.3) is 11.1 Å². The average molecular weight is 362 g/mol. The minimum absolute atomic E-state index is 0.248. The molecule has 1 aromatic heterocycles. The van der Waals surface area contributed by atoms with Gasteiger partial charge >= 0.3 is 0 Å². The minimum Gasteiger partial charge on any atom is -0.487 e. The lowest BCUT2D eigenvalue weighted by Gasteiger charge is -2.13. The van der Waals surface area contributed by atoms with Crippen molar-refractivity contribution in [2.24, 2.45) is 0 Å². The number of hydrogen-bond donors (Lipinski definition) is 0. The van der Waals surface area contributed by atoms with Crippen LogP contribution in [0.5, 0.6) is 5.75 Å². The molecule has 3 nitrogen and oxygen atoms in total. The Labute approximate surface area is 159 Å². The Hall–Kier alpha value is -2.75. The molecule has 1 aliphatic carbocycles. The van der Waals surface area contributed by atoms with Gasteiger partial charge in [-0.25, -0.2) is 14.4 Å². The molecular weight excluding hydrogens is 339 g/mol. The van der Waals surface area contributed by atoms with Crippen LogP contribution in [0.3, 0.4) is 0 Å². The summed E-state index contributed by atoms with van der Waals surface area (Å²) < 4.78 is 20.4. The maximum absolute atomic E-state index is 14.3. The van der Waals surface area contributed by atoms with Crippen LogP contribution in [0.15, 0.2) is 54.7 Å². The van der Waals surface area contributed by atoms with Gasteiger partial charge in [0.25, 0.3) is 0 Å². The van der Waals surface area contributed by atoms with Gasteiger partial charge in [0, 0.05) is 23.2 Å². The predicted molar refractivity (Wildman–Crippen MR) is 104 cm³/mol. The highest BCUT2D eigenvalue weighted by molar-refractivity contribution is 5.71. The molecule has 27 heavy (non-hydrogen) atoms. The first-order valence-electron chi connectivity index (χ1n) is 9.51. The van der Waals surface area contributed by atoms with Crippen LogP contribution in [0.4, 0.5) is 4.39 Å². The highest BCUT2D eigenvalue weighted by Gasteiger charge is 2.20. The van der Waals surface area contributed by atoms with Gasteiger partial charge in [0.2, 0.25) is 0 Å². The SMILES string of the molecule is Cc1ccc(F)c(-c2ccccc2OCc2ccnc(C3CCCC3)n2)c1. The fourth-order valence-electron chi connectivity index (χ4n) is 3.69. The summed E-state index contributed by atoms with van der Waals surface area (Å²) in [5.41, 5.74) is 3.17. The Kier molecular flexibility index (Phi) is 5.14. The van der Waals surface area contributed by atoms with E-state index in [-0.39, 0.29) is 5.82 Å². The molecule has 138 valence electrons. The topological polar surface area (TPSA) is 35.0 Å². The molecule has 0 unspecified atom stereocenters. The minimum atomic E-state index is -0.248. The zero-order valence-electron chi connectivity index (χ0n) is 15.5. The fourth-order valence-corrected chi connectivity index (χ4v) is 3.69. The van der Waals surface area contributed by atoms with E-state index >= 15 is 0 Å². The Morgan fingerprint density at radius 2 is 1.85 bits per heavy atom. The second kappa shape index (κ2) is 7.87. The summed E-state index contributed by atoms with van der Waals surface area (Å²) in [6.07, 6.45) is 6.65. The van der Waals surface area contributed by atoms with Crippen LogP contribution < -0.4 is 4.74 Å². The Balaban J connectivity index is 1.56. The number of nitrogens with zero attached hydrogens (tertiary/aromatic N) is 2. The Morgan fingerprint density at radius 3 is 2.70 bits per heavy atom. The van der Waals surface area contributed by atoms with E-state index in [0.29, 0.717) is 23.8 Å². The third-order valence-corrected chi connectivity index (χ3v) is 5.13. The molecule has 0 bridgehead atoms. The van der Waals surface area contributed by atoms with Gasteiger partial charge in [-0.05, 0) is 44.0 Å². The van der Waals surface area contributed by atoms with E-state index in [9.17, 15) is 4.39 Å². The zero-order valence-corrected chi connectivity index (χ0v) is 15.5. The summed E-state index contributed by atoms with van der Waals surface area (Å²) in [6.45, 7) is 2.30. The van der Waals surface area contributed by atoms with Crippen molar-refractivity contribution in [3.05, 3.63) is 77.6 Å². The van der Waals surface area contributed by atoms with Gasteiger partial charge in [0.1, 0.15) is 24.0 Å². The molecule has 0 N–H and O–H groups in total. The van der Waals surface area contributed by atoms with Gasteiger partial charge in [-0.2, -0.15) is 0 Å². The second-order valence-electron chi connectivity index (χ2n) is 7.16. The highest BCUT2D eigenvalue weighted by Crippen LogP contribution is 2.34. The first kappa shape index (κ1) is 17.7. The van der Waals surface area contributed by atoms with Gasteiger partial charge in [0.15, 0.2) is 0 Å². The largest absolute Gasteiger partial charge is 0.487 e. The van der Waals surface area contributed by atoms with Gasteiger partial charge in [0.05, 0.1) is 5.69 Å². The van der Waals surface area contributed by atoms with Crippen molar-refractivity contribution in [2.75, 3.05) is 0 Å². The number of ether oxygens (including phenoxy) is 1. The maximum Gasteiger partial charge on any atom is 0.131 e. The first-order chi connectivity index (χ1) is 13.2. The molecule has 1 heterocycles. The number of aryl methyl sites for hydroxylation is 1. The third kappa shape index (κ3) is 4.00. The molecule has 1 saturated carbocycles. The lowest BCUT2D eigenvalue weighted by atomic mass is 10.0. The zero-order chi connectivity index (χ0) is 18.6. The summed E-state index contributed by atoms with van der Waals surface area (Å²) in [5, 5.41) is 0. The predicted octanol–water partition coefficient (Wildman–Crippen LogP) is 5.83. The van der Waals surface area contributed by atoms with Crippen molar-refractivity contribution < 1.29 is 9.13 Å². The summed E-state index contributed by atoms with van der Waals surface area (Å²) in [7, 11) is 0. The number of aromatic nitrogens is 2. The fraction of sp³-hybridized carbons (Fsp3) is 0.304. The van der Waals surface area contributed by atoms with Crippen LogP contribution in [-0.4, -0.2) is 9.97 Å². The number of halogens is 1. The van der Waals surface area contributed by atoms with Crippen molar-refractivity contribution in [2.45, 2.75) is 45.1 Å². The normalized spacial score (nSPS) is 14.4. The van der Waals surface area contributed by atoms with Crippen LogP contribution in [-0.2, 0) is 6.61 Å². The quantitative estimate of drug-likeness (QED) is 0.573. The van der Waals surface area contributed by atoms with E-state index in [0.717, 1.165) is 22.6 Å². The lowest BCUT2D eigenvalue weighted by Crippen LogP contribution is -2.06. The molecule has 0 spiro atoms. The molecule has 0 atom stereocenters. The van der Waals surface area contributed by atoms with Crippen molar-refractivity contribution in [3.63, 3.8) is 0 Å². The summed E-state index contributed by atoms with van der Waals surface area (Å²) in [6, 6.07) is 14.6. The highest BCUT2D eigenvalue weighted by atomic mass is 19.1. The molecule has 2 aromatic carbocycles. The lowest BCUT2D eigenvalue weighted by molar-refractivity contribution is 0.301. The van der Waals surface area contributed by atoms with E-state index in [4.69, 9.17) is 9.72 Å². The van der Waals surface area contributed by atoms with Gasteiger partial charge in [-0.1, -0.05) is 42.7 Å². The second-order valence-corrected chi connectivity index (χ2v) is 7.16. The summed E-state index contributed by atoms with van der Waals surface area (Å²) in [5.74, 6) is 1.80. The van der Waals surface area contributed by atoms with Crippen molar-refractivity contribution in [1.82, 2.24) is 9.97 Å². The number of benzene rings is 2. The van der Waals surface area contributed by atoms with E-state index < -0.39 is 0 Å². The smallest absolute Gasteiger partial charge is 0.131 e. The molecule has 0 amide bonds. The monoisotopic (exact) mass is 362 g/mol. The molecular formula is C23H23FN2O. The third-order valence-electron chi connectivity index (χ3n) is 5.13. The Bertz CT molecular complexity index is 935. The van der Waals surface area contributed by atoms with Gasteiger partial charge < -0.3 is 4.74 Å². The first-order valence-corrected chi connectivity index (χ1v) is 9.51. The van der Waals surface area contributed by atoms with Crippen LogP contribution in [0, 0.1) is 12.7 Å². The molecule has 3 aromatic rings. The number of rotatable bonds is 5. The molecule has 0 radical (unpaired) electrons. The standard InChI is InChI=1S/C23H23FN2O/c1-16-10-11-21(24)20(14-16)19-8-4-5-9-22(19)27-15-18-12-13-25-23(26-18)17-6-2-3-7-17/h4-5,8-14,17H,2-3,6-7,15H2,1H3. The van der Waals surface area contributed by atoms with Gasteiger partial charge in [-0.3, -0.25) is 0 Å². The number of para-hydroxylation sites is 1. The molecule has 1 aliphatic rings. The van der Waals surface area contributed by atoms with Crippen molar-refractivity contribution in [1.29, 1.82) is 0 Å². The summed E-state index contributed by atoms with van der Waals surface area (Å²) in [4.78, 5) is 9.14. The molecule has 0 aliphatic heterocycles. The van der Waals surface area contributed by atoms with Crippen LogP contribution >= 0.6 is 0 Å². The molecule has 4 rings (SSSR count). The summed E-state index contributed by atoms with van der Waals surface area (Å²) >= 11 is 0. The van der Waals surface area contributed by atoms with Gasteiger partial charge in [-0.15, -0.1) is 0 Å². The average Bonchev–Trinajstić information content (AvgIpc) is 3.24. The van der Waals surface area contributed by atoms with E-state index in [1.807, 2.05) is 49.5 Å². The van der Waals surface area contributed by atoms with Crippen molar-refractivity contribution >= 4 is 0 Å². The number of hydrogen-bond acceptors (Lipinski definition) is 3. The van der Waals surface area contributed by atoms with E-state index in [2.05, 4.69) is 4.98 Å². The van der Waals surface area contributed by atoms with Crippen LogP contribution in [0.1, 0.15) is 48.7 Å². The molecule has 4 heteroatoms. The van der Waals surface area contributed by atoms with E-state index in [1.165, 1.54) is 31.7 Å². The molecule has 1 fully saturated rings. The maximum atomic E-state index is 14.3. The van der Waals surface area contributed by atoms with Crippen LogP contribution in [0.2, 0.25) is 0 Å². The van der Waals surface area contributed by atoms with E-state index in [1.54, 1.807) is 6.07 Å². The van der Waals surface area contributed by atoms with Crippen molar-refractivity contribution in [3.8, 4) is 16.9 Å². The molecule has 0 saturated heterocycles. The Morgan fingerprint density at radius 1 is 1.04 bits per heavy atom.